The van der Waals surface area contributed by atoms with E-state index in [0.717, 1.165) is 16.6 Å². The highest BCUT2D eigenvalue weighted by Gasteiger charge is 2.16. The lowest BCUT2D eigenvalue weighted by atomic mass is 10.2. The first-order chi connectivity index (χ1) is 10.3. The van der Waals surface area contributed by atoms with Gasteiger partial charge in [-0.05, 0) is 31.2 Å². The van der Waals surface area contributed by atoms with Gasteiger partial charge in [0.05, 0.1) is 17.6 Å². The third-order valence-electron chi connectivity index (χ3n) is 2.90. The Balaban J connectivity index is 1.88. The fourth-order valence-electron chi connectivity index (χ4n) is 1.96. The molecule has 0 bridgehead atoms. The summed E-state index contributed by atoms with van der Waals surface area (Å²) in [6.07, 6.45) is 1.76. The van der Waals surface area contributed by atoms with Crippen molar-refractivity contribution in [3.05, 3.63) is 47.7 Å². The molecule has 1 N–H and O–H groups in total. The van der Waals surface area contributed by atoms with Crippen LogP contribution < -0.4 is 5.32 Å². The highest BCUT2D eigenvalue weighted by Crippen LogP contribution is 2.27. The fraction of sp³-hybridized carbons (Fsp3) is 0.133. The van der Waals surface area contributed by atoms with Crippen LogP contribution in [0.1, 0.15) is 17.4 Å². The summed E-state index contributed by atoms with van der Waals surface area (Å²) in [4.78, 5) is 20.1. The van der Waals surface area contributed by atoms with E-state index in [9.17, 15) is 4.79 Å². The summed E-state index contributed by atoms with van der Waals surface area (Å²) in [5.41, 5.74) is 3.74. The Morgan fingerprint density at radius 2 is 2.24 bits per heavy atom. The van der Waals surface area contributed by atoms with E-state index in [1.807, 2.05) is 30.3 Å². The van der Waals surface area contributed by atoms with Crippen molar-refractivity contribution in [2.24, 2.45) is 0 Å². The van der Waals surface area contributed by atoms with E-state index < -0.39 is 5.97 Å². The second-order valence-electron chi connectivity index (χ2n) is 4.29. The Morgan fingerprint density at radius 1 is 1.33 bits per heavy atom. The molecule has 5 nitrogen and oxygen atoms in total. The molecule has 0 atom stereocenters. The molecule has 106 valence electrons. The molecule has 0 saturated carbocycles. The number of benzene rings is 1. The summed E-state index contributed by atoms with van der Waals surface area (Å²) >= 11 is 1.37. The van der Waals surface area contributed by atoms with Gasteiger partial charge in [0.1, 0.15) is 5.00 Å². The molecule has 3 rings (SSSR count). The normalized spacial score (nSPS) is 10.5. The number of rotatable bonds is 4. The summed E-state index contributed by atoms with van der Waals surface area (Å²) in [6.45, 7) is 2.10. The molecule has 3 aromatic rings. The minimum atomic E-state index is -0.413. The number of ether oxygens (including phenoxy) is 1. The highest BCUT2D eigenvalue weighted by atomic mass is 32.1. The number of esters is 1. The zero-order chi connectivity index (χ0) is 14.7. The molecule has 0 fully saturated rings. The number of fused-ring (bicyclic) bond motifs is 1. The summed E-state index contributed by atoms with van der Waals surface area (Å²) in [6, 6.07) is 9.72. The van der Waals surface area contributed by atoms with Crippen molar-refractivity contribution >= 4 is 38.9 Å². The Morgan fingerprint density at radius 3 is 3.10 bits per heavy atom. The van der Waals surface area contributed by atoms with Gasteiger partial charge in [-0.1, -0.05) is 6.07 Å². The van der Waals surface area contributed by atoms with E-state index in [-0.39, 0.29) is 0 Å². The highest BCUT2D eigenvalue weighted by molar-refractivity contribution is 7.14. The number of hydrogen-bond acceptors (Lipinski definition) is 6. The van der Waals surface area contributed by atoms with E-state index >= 15 is 0 Å². The van der Waals surface area contributed by atoms with E-state index in [1.165, 1.54) is 11.3 Å². The van der Waals surface area contributed by atoms with Crippen LogP contribution in [0.5, 0.6) is 0 Å². The first kappa shape index (κ1) is 13.5. The van der Waals surface area contributed by atoms with Crippen LogP contribution in [-0.4, -0.2) is 22.5 Å². The van der Waals surface area contributed by atoms with Crippen LogP contribution in [0.4, 0.5) is 10.7 Å². The van der Waals surface area contributed by atoms with Crippen molar-refractivity contribution in [3.63, 3.8) is 0 Å². The molecule has 2 heterocycles. The van der Waals surface area contributed by atoms with Crippen LogP contribution in [0.3, 0.4) is 0 Å². The number of pyridine rings is 1. The number of thiazole rings is 1. The van der Waals surface area contributed by atoms with Gasteiger partial charge in [0.15, 0.2) is 5.69 Å². The number of anilines is 2. The average molecular weight is 299 g/mol. The minimum Gasteiger partial charge on any atom is -0.461 e. The number of carbonyl (C=O) groups excluding carboxylic acids is 1. The largest absolute Gasteiger partial charge is 0.461 e. The van der Waals surface area contributed by atoms with Gasteiger partial charge in [0, 0.05) is 17.3 Å². The van der Waals surface area contributed by atoms with Crippen molar-refractivity contribution in [1.29, 1.82) is 0 Å². The van der Waals surface area contributed by atoms with E-state index in [1.54, 1.807) is 18.6 Å². The number of aromatic nitrogens is 2. The molecule has 0 spiro atoms. The van der Waals surface area contributed by atoms with E-state index in [2.05, 4.69) is 15.3 Å². The van der Waals surface area contributed by atoms with Gasteiger partial charge in [0.25, 0.3) is 0 Å². The van der Waals surface area contributed by atoms with Crippen LogP contribution in [0, 0.1) is 0 Å². The molecular weight excluding hydrogens is 286 g/mol. The van der Waals surface area contributed by atoms with Crippen LogP contribution in [0.15, 0.2) is 42.0 Å². The van der Waals surface area contributed by atoms with Crippen molar-refractivity contribution in [2.45, 2.75) is 6.92 Å². The van der Waals surface area contributed by atoms with Gasteiger partial charge in [-0.2, -0.15) is 0 Å². The van der Waals surface area contributed by atoms with E-state index in [4.69, 9.17) is 4.74 Å². The maximum Gasteiger partial charge on any atom is 0.360 e. The summed E-state index contributed by atoms with van der Waals surface area (Å²) in [7, 11) is 0. The summed E-state index contributed by atoms with van der Waals surface area (Å²) in [5, 5.41) is 4.92. The first-order valence-electron chi connectivity index (χ1n) is 6.50. The number of nitrogens with zero attached hydrogens (tertiary/aromatic N) is 2. The SMILES string of the molecule is CCOC(=O)c1ncsc1Nc1ccc2ncccc2c1. The van der Waals surface area contributed by atoms with Crippen molar-refractivity contribution in [1.82, 2.24) is 9.97 Å². The Labute approximate surface area is 125 Å². The Kier molecular flexibility index (Phi) is 3.79. The molecule has 0 amide bonds. The zero-order valence-electron chi connectivity index (χ0n) is 11.4. The standard InChI is InChI=1S/C15H13N3O2S/c1-2-20-15(19)13-14(21-9-17-13)18-11-5-6-12-10(8-11)4-3-7-16-12/h3-9,18H,2H2,1H3. The predicted octanol–water partition coefficient (Wildman–Crippen LogP) is 3.61. The maximum absolute atomic E-state index is 11.8. The predicted molar refractivity (Wildman–Crippen MR) is 83.1 cm³/mol. The zero-order valence-corrected chi connectivity index (χ0v) is 12.2. The Bertz CT molecular complexity index is 785. The maximum atomic E-state index is 11.8. The van der Waals surface area contributed by atoms with Gasteiger partial charge >= 0.3 is 5.97 Å². The number of carbonyl (C=O) groups is 1. The number of hydrogen-bond donors (Lipinski definition) is 1. The molecule has 21 heavy (non-hydrogen) atoms. The van der Waals surface area contributed by atoms with Crippen LogP contribution in [0.2, 0.25) is 0 Å². The second-order valence-corrected chi connectivity index (χ2v) is 5.14. The van der Waals surface area contributed by atoms with Crippen LogP contribution in [-0.2, 0) is 4.74 Å². The van der Waals surface area contributed by atoms with Gasteiger partial charge in [-0.3, -0.25) is 4.98 Å². The molecule has 0 aliphatic heterocycles. The van der Waals surface area contributed by atoms with Gasteiger partial charge < -0.3 is 10.1 Å². The molecule has 2 aromatic heterocycles. The van der Waals surface area contributed by atoms with Gasteiger partial charge in [0.2, 0.25) is 0 Å². The van der Waals surface area contributed by atoms with E-state index in [0.29, 0.717) is 17.3 Å². The van der Waals surface area contributed by atoms with Crippen molar-refractivity contribution < 1.29 is 9.53 Å². The summed E-state index contributed by atoms with van der Waals surface area (Å²) in [5.74, 6) is -0.413. The first-order valence-corrected chi connectivity index (χ1v) is 7.38. The topological polar surface area (TPSA) is 64.1 Å². The molecule has 0 aliphatic carbocycles. The summed E-state index contributed by atoms with van der Waals surface area (Å²) < 4.78 is 4.99. The Hall–Kier alpha value is -2.47. The lowest BCUT2D eigenvalue weighted by Gasteiger charge is -2.07. The molecule has 6 heteroatoms. The smallest absolute Gasteiger partial charge is 0.360 e. The third kappa shape index (κ3) is 2.85. The molecule has 0 aliphatic rings. The molecule has 0 radical (unpaired) electrons. The lowest BCUT2D eigenvalue weighted by molar-refractivity contribution is 0.0521. The quantitative estimate of drug-likeness (QED) is 0.746. The van der Waals surface area contributed by atoms with Crippen LogP contribution >= 0.6 is 11.3 Å². The molecule has 0 unspecified atom stereocenters. The second kappa shape index (κ2) is 5.88. The average Bonchev–Trinajstić information content (AvgIpc) is 2.95. The number of nitrogens with one attached hydrogen (secondary N) is 1. The third-order valence-corrected chi connectivity index (χ3v) is 3.64. The van der Waals surface area contributed by atoms with Crippen molar-refractivity contribution in [3.8, 4) is 0 Å². The van der Waals surface area contributed by atoms with Gasteiger partial charge in [-0.15, -0.1) is 11.3 Å². The molecular formula is C15H13N3O2S. The lowest BCUT2D eigenvalue weighted by Crippen LogP contribution is -2.07. The van der Waals surface area contributed by atoms with Crippen molar-refractivity contribution in [2.75, 3.05) is 11.9 Å². The minimum absolute atomic E-state index is 0.313. The monoisotopic (exact) mass is 299 g/mol. The fourth-order valence-corrected chi connectivity index (χ4v) is 2.65. The van der Waals surface area contributed by atoms with Crippen LogP contribution in [0.25, 0.3) is 10.9 Å². The molecule has 1 aromatic carbocycles. The van der Waals surface area contributed by atoms with Gasteiger partial charge in [-0.25, -0.2) is 9.78 Å². The molecule has 0 saturated heterocycles.